The van der Waals surface area contributed by atoms with Crippen LogP contribution in [0.2, 0.25) is 0 Å². The zero-order chi connectivity index (χ0) is 18.7. The first-order chi connectivity index (χ1) is 12.5. The van der Waals surface area contributed by atoms with Crippen molar-refractivity contribution in [2.45, 2.75) is 24.3 Å². The molecule has 0 fully saturated rings. The van der Waals surface area contributed by atoms with Gasteiger partial charge in [0.25, 0.3) is 0 Å². The summed E-state index contributed by atoms with van der Waals surface area (Å²) in [5.41, 5.74) is 2.77. The van der Waals surface area contributed by atoms with Gasteiger partial charge in [-0.25, -0.2) is 0 Å². The molecule has 1 amide bonds. The molecule has 3 rings (SSSR count). The third-order valence-electron chi connectivity index (χ3n) is 3.64. The summed E-state index contributed by atoms with van der Waals surface area (Å²) in [4.78, 5) is 12.6. The first-order valence-electron chi connectivity index (χ1n) is 7.84. The maximum Gasteiger partial charge on any atom is 0.237 e. The molecule has 0 spiro atoms. The zero-order valence-electron chi connectivity index (χ0n) is 14.1. The number of rotatable bonds is 5. The number of benzene rings is 2. The summed E-state index contributed by atoms with van der Waals surface area (Å²) in [6.45, 7) is 3.84. The normalized spacial score (nSPS) is 12.0. The number of para-hydroxylation sites is 1. The topological polar surface area (TPSA) is 59.8 Å². The fourth-order valence-electron chi connectivity index (χ4n) is 2.33. The highest BCUT2D eigenvalue weighted by molar-refractivity contribution is 9.11. The second-order valence-electron chi connectivity index (χ2n) is 5.67. The van der Waals surface area contributed by atoms with Gasteiger partial charge in [0.2, 0.25) is 5.91 Å². The minimum Gasteiger partial charge on any atom is -0.323 e. The van der Waals surface area contributed by atoms with Crippen LogP contribution >= 0.6 is 43.6 Å². The number of carbonyl (C=O) groups is 1. The molecule has 0 saturated carbocycles. The Morgan fingerprint density at radius 2 is 1.85 bits per heavy atom. The lowest BCUT2D eigenvalue weighted by molar-refractivity contribution is -0.115. The van der Waals surface area contributed by atoms with E-state index in [1.165, 1.54) is 11.8 Å². The fourth-order valence-corrected chi connectivity index (χ4v) is 4.78. The number of nitrogens with one attached hydrogen (secondary N) is 1. The number of hydrogen-bond donors (Lipinski definition) is 1. The van der Waals surface area contributed by atoms with E-state index in [0.717, 1.165) is 25.9 Å². The second kappa shape index (κ2) is 8.37. The third kappa shape index (κ3) is 4.36. The van der Waals surface area contributed by atoms with Crippen LogP contribution in [0.5, 0.6) is 0 Å². The van der Waals surface area contributed by atoms with Crippen molar-refractivity contribution in [2.24, 2.45) is 0 Å². The van der Waals surface area contributed by atoms with E-state index in [1.54, 1.807) is 6.33 Å². The van der Waals surface area contributed by atoms with Gasteiger partial charge in [-0.1, -0.05) is 30.0 Å². The molecular formula is C18H16Br2N4OS. The summed E-state index contributed by atoms with van der Waals surface area (Å²) in [6.07, 6.45) is 1.65. The Hall–Kier alpha value is -1.64. The Morgan fingerprint density at radius 3 is 2.50 bits per heavy atom. The fraction of sp³-hybridized carbons (Fsp3) is 0.167. The first-order valence-corrected chi connectivity index (χ1v) is 10.3. The molecule has 8 heteroatoms. The highest BCUT2D eigenvalue weighted by Gasteiger charge is 2.20. The molecule has 1 atom stereocenters. The van der Waals surface area contributed by atoms with E-state index in [1.807, 2.05) is 60.9 Å². The molecule has 0 aliphatic carbocycles. The number of aromatic nitrogens is 3. The number of thioether (sulfide) groups is 1. The molecule has 134 valence electrons. The van der Waals surface area contributed by atoms with Crippen molar-refractivity contribution in [3.05, 3.63) is 63.3 Å². The van der Waals surface area contributed by atoms with Crippen LogP contribution in [0, 0.1) is 6.92 Å². The van der Waals surface area contributed by atoms with Crippen molar-refractivity contribution >= 4 is 55.2 Å². The predicted octanol–water partition coefficient (Wildman–Crippen LogP) is 5.22. The van der Waals surface area contributed by atoms with Crippen LogP contribution in [0.3, 0.4) is 0 Å². The van der Waals surface area contributed by atoms with E-state index in [2.05, 4.69) is 47.4 Å². The summed E-state index contributed by atoms with van der Waals surface area (Å²) < 4.78 is 3.54. The Balaban J connectivity index is 1.74. The van der Waals surface area contributed by atoms with Gasteiger partial charge < -0.3 is 5.32 Å². The number of amides is 1. The SMILES string of the molecule is Cc1cc(Br)c(NC(=O)C(C)Sc2nncn2-c2ccccc2)c(Br)c1. The van der Waals surface area contributed by atoms with Crippen LogP contribution < -0.4 is 5.32 Å². The number of halogens is 2. The number of aryl methyl sites for hydroxylation is 1. The Bertz CT molecular complexity index is 907. The van der Waals surface area contributed by atoms with Crippen molar-refractivity contribution in [3.8, 4) is 5.69 Å². The van der Waals surface area contributed by atoms with Crippen LogP contribution in [0.1, 0.15) is 12.5 Å². The molecule has 0 aliphatic rings. The van der Waals surface area contributed by atoms with Crippen LogP contribution in [-0.4, -0.2) is 25.9 Å². The summed E-state index contributed by atoms with van der Waals surface area (Å²) in [5, 5.41) is 11.4. The van der Waals surface area contributed by atoms with Crippen LogP contribution in [0.4, 0.5) is 5.69 Å². The van der Waals surface area contributed by atoms with Gasteiger partial charge in [0, 0.05) is 14.6 Å². The van der Waals surface area contributed by atoms with E-state index >= 15 is 0 Å². The highest BCUT2D eigenvalue weighted by atomic mass is 79.9. The Labute approximate surface area is 172 Å². The molecule has 1 aromatic heterocycles. The van der Waals surface area contributed by atoms with Gasteiger partial charge in [-0.05, 0) is 75.5 Å². The van der Waals surface area contributed by atoms with Crippen molar-refractivity contribution in [1.29, 1.82) is 0 Å². The van der Waals surface area contributed by atoms with E-state index in [4.69, 9.17) is 0 Å². The quantitative estimate of drug-likeness (QED) is 0.493. The molecule has 1 N–H and O–H groups in total. The summed E-state index contributed by atoms with van der Waals surface area (Å²) in [7, 11) is 0. The summed E-state index contributed by atoms with van der Waals surface area (Å²) >= 11 is 8.36. The van der Waals surface area contributed by atoms with Crippen molar-refractivity contribution in [1.82, 2.24) is 14.8 Å². The van der Waals surface area contributed by atoms with Crippen molar-refractivity contribution in [3.63, 3.8) is 0 Å². The van der Waals surface area contributed by atoms with Crippen LogP contribution in [0.25, 0.3) is 5.69 Å². The van der Waals surface area contributed by atoms with Crippen molar-refractivity contribution < 1.29 is 4.79 Å². The first kappa shape index (κ1) is 19.1. The number of carbonyl (C=O) groups excluding carboxylic acids is 1. The Kier molecular flexibility index (Phi) is 6.16. The Morgan fingerprint density at radius 1 is 1.19 bits per heavy atom. The molecule has 2 aromatic carbocycles. The van der Waals surface area contributed by atoms with E-state index < -0.39 is 0 Å². The average Bonchev–Trinajstić information content (AvgIpc) is 3.06. The minimum atomic E-state index is -0.346. The third-order valence-corrected chi connectivity index (χ3v) is 5.94. The van der Waals surface area contributed by atoms with Gasteiger partial charge in [-0.15, -0.1) is 10.2 Å². The number of nitrogens with zero attached hydrogens (tertiary/aromatic N) is 3. The van der Waals surface area contributed by atoms with Gasteiger partial charge in [-0.2, -0.15) is 0 Å². The lowest BCUT2D eigenvalue weighted by Crippen LogP contribution is -2.23. The van der Waals surface area contributed by atoms with E-state index in [9.17, 15) is 4.79 Å². The maximum absolute atomic E-state index is 12.6. The molecule has 0 bridgehead atoms. The lowest BCUT2D eigenvalue weighted by atomic mass is 10.2. The van der Waals surface area contributed by atoms with Gasteiger partial charge in [0.1, 0.15) is 6.33 Å². The maximum atomic E-state index is 12.6. The monoisotopic (exact) mass is 494 g/mol. The molecule has 0 aliphatic heterocycles. The molecule has 0 saturated heterocycles. The molecule has 1 unspecified atom stereocenters. The zero-order valence-corrected chi connectivity index (χ0v) is 18.1. The van der Waals surface area contributed by atoms with Crippen LogP contribution in [0.15, 0.2) is 62.9 Å². The molecule has 5 nitrogen and oxygen atoms in total. The minimum absolute atomic E-state index is 0.108. The van der Waals surface area contributed by atoms with Gasteiger partial charge in [0.15, 0.2) is 5.16 Å². The van der Waals surface area contributed by atoms with Gasteiger partial charge >= 0.3 is 0 Å². The van der Waals surface area contributed by atoms with E-state index in [0.29, 0.717) is 5.16 Å². The largest absolute Gasteiger partial charge is 0.323 e. The number of hydrogen-bond acceptors (Lipinski definition) is 4. The molecule has 0 radical (unpaired) electrons. The lowest BCUT2D eigenvalue weighted by Gasteiger charge is -2.15. The predicted molar refractivity (Wildman–Crippen MR) is 112 cm³/mol. The molecule has 26 heavy (non-hydrogen) atoms. The van der Waals surface area contributed by atoms with Gasteiger partial charge in [-0.3, -0.25) is 9.36 Å². The van der Waals surface area contributed by atoms with Crippen LogP contribution in [-0.2, 0) is 4.79 Å². The summed E-state index contributed by atoms with van der Waals surface area (Å²) in [5.74, 6) is -0.108. The smallest absolute Gasteiger partial charge is 0.237 e. The number of anilines is 1. The standard InChI is InChI=1S/C18H16Br2N4OS/c1-11-8-14(19)16(15(20)9-11)22-17(25)12(2)26-18-23-21-10-24(18)13-6-4-3-5-7-13/h3-10,12H,1-2H3,(H,22,25). The highest BCUT2D eigenvalue weighted by Crippen LogP contribution is 2.33. The second-order valence-corrected chi connectivity index (χ2v) is 8.69. The molecule has 1 heterocycles. The molecule has 3 aromatic rings. The van der Waals surface area contributed by atoms with E-state index in [-0.39, 0.29) is 11.2 Å². The molecular weight excluding hydrogens is 480 g/mol. The van der Waals surface area contributed by atoms with Crippen molar-refractivity contribution in [2.75, 3.05) is 5.32 Å². The van der Waals surface area contributed by atoms with Gasteiger partial charge in [0.05, 0.1) is 10.9 Å². The summed E-state index contributed by atoms with van der Waals surface area (Å²) in [6, 6.07) is 13.7. The average molecular weight is 496 g/mol.